The molecule has 0 radical (unpaired) electrons. The Labute approximate surface area is 123 Å². The average Bonchev–Trinajstić information content (AvgIpc) is 3.37. The number of nitrogens with one attached hydrogen (secondary N) is 1. The minimum Gasteiger partial charge on any atom is -0.310 e. The van der Waals surface area contributed by atoms with Gasteiger partial charge >= 0.3 is 0 Å². The molecule has 4 heteroatoms. The molecule has 0 saturated heterocycles. The smallest absolute Gasteiger partial charge is 0.159 e. The van der Waals surface area contributed by atoms with Crippen LogP contribution in [-0.2, 0) is 6.54 Å². The molecular weight excluding hydrogens is 260 g/mol. The maximum Gasteiger partial charge on any atom is 0.159 e. The lowest BCUT2D eigenvalue weighted by molar-refractivity contribution is 0.683. The molecule has 4 nitrogen and oxygen atoms in total. The molecule has 0 unspecified atom stereocenters. The minimum absolute atomic E-state index is 0.706. The molecule has 104 valence electrons. The number of nitrogens with zero attached hydrogens (tertiary/aromatic N) is 3. The third-order valence-electron chi connectivity index (χ3n) is 3.74. The fraction of sp³-hybridized carbons (Fsp3) is 0.235. The minimum atomic E-state index is 0.706. The van der Waals surface area contributed by atoms with Gasteiger partial charge in [0.2, 0.25) is 0 Å². The quantitative estimate of drug-likeness (QED) is 0.796. The van der Waals surface area contributed by atoms with Crippen LogP contribution in [0.25, 0.3) is 22.3 Å². The van der Waals surface area contributed by atoms with Crippen LogP contribution < -0.4 is 5.32 Å². The van der Waals surface area contributed by atoms with E-state index in [-0.39, 0.29) is 0 Å². The van der Waals surface area contributed by atoms with Crippen LogP contribution in [0.15, 0.2) is 48.9 Å². The number of hydrogen-bond donors (Lipinski definition) is 1. The van der Waals surface area contributed by atoms with Crippen LogP contribution in [0.3, 0.4) is 0 Å². The molecule has 0 bridgehead atoms. The van der Waals surface area contributed by atoms with E-state index in [1.807, 2.05) is 30.6 Å². The zero-order valence-electron chi connectivity index (χ0n) is 11.7. The van der Waals surface area contributed by atoms with E-state index in [4.69, 9.17) is 0 Å². The summed E-state index contributed by atoms with van der Waals surface area (Å²) in [5, 5.41) is 4.58. The van der Waals surface area contributed by atoms with Crippen LogP contribution in [0.4, 0.5) is 0 Å². The molecule has 1 aliphatic carbocycles. The summed E-state index contributed by atoms with van der Waals surface area (Å²) in [6, 6.07) is 10.8. The van der Waals surface area contributed by atoms with Crippen LogP contribution >= 0.6 is 0 Å². The molecule has 21 heavy (non-hydrogen) atoms. The van der Waals surface area contributed by atoms with Gasteiger partial charge in [0.05, 0.1) is 5.52 Å². The topological polar surface area (TPSA) is 50.7 Å². The number of aromatic nitrogens is 3. The van der Waals surface area contributed by atoms with Gasteiger partial charge in [0, 0.05) is 47.7 Å². The molecule has 3 aromatic rings. The maximum atomic E-state index is 4.48. The van der Waals surface area contributed by atoms with Gasteiger partial charge in [0.1, 0.15) is 0 Å². The number of hydrogen-bond acceptors (Lipinski definition) is 4. The first-order chi connectivity index (χ1) is 10.4. The molecule has 1 aromatic carbocycles. The van der Waals surface area contributed by atoms with Gasteiger partial charge in [-0.2, -0.15) is 0 Å². The van der Waals surface area contributed by atoms with Gasteiger partial charge in [-0.1, -0.05) is 6.07 Å². The summed E-state index contributed by atoms with van der Waals surface area (Å²) in [5.74, 6) is 0.760. The van der Waals surface area contributed by atoms with E-state index in [0.29, 0.717) is 6.04 Å². The van der Waals surface area contributed by atoms with E-state index in [1.165, 1.54) is 12.8 Å². The van der Waals surface area contributed by atoms with Gasteiger partial charge < -0.3 is 5.32 Å². The Morgan fingerprint density at radius 1 is 1.05 bits per heavy atom. The van der Waals surface area contributed by atoms with E-state index < -0.39 is 0 Å². The summed E-state index contributed by atoms with van der Waals surface area (Å²) >= 11 is 0. The molecule has 2 heterocycles. The third kappa shape index (κ3) is 2.76. The van der Waals surface area contributed by atoms with Crippen LogP contribution in [0.1, 0.15) is 18.4 Å². The molecule has 0 aliphatic heterocycles. The van der Waals surface area contributed by atoms with Crippen molar-refractivity contribution in [1.29, 1.82) is 0 Å². The Morgan fingerprint density at radius 3 is 2.71 bits per heavy atom. The SMILES string of the molecule is c1cnc2ccc(-c3ncc(CNC4CC4)cn3)cc2c1. The van der Waals surface area contributed by atoms with Crippen molar-refractivity contribution < 1.29 is 0 Å². The summed E-state index contributed by atoms with van der Waals surface area (Å²) in [5.41, 5.74) is 3.15. The van der Waals surface area contributed by atoms with E-state index in [0.717, 1.165) is 34.4 Å². The summed E-state index contributed by atoms with van der Waals surface area (Å²) in [7, 11) is 0. The first-order valence-electron chi connectivity index (χ1n) is 7.28. The molecule has 1 N–H and O–H groups in total. The molecule has 1 fully saturated rings. The van der Waals surface area contributed by atoms with Crippen molar-refractivity contribution in [3.8, 4) is 11.4 Å². The highest BCUT2D eigenvalue weighted by Crippen LogP contribution is 2.21. The van der Waals surface area contributed by atoms with Crippen molar-refractivity contribution in [2.24, 2.45) is 0 Å². The normalized spacial score (nSPS) is 14.5. The third-order valence-corrected chi connectivity index (χ3v) is 3.74. The van der Waals surface area contributed by atoms with Gasteiger partial charge in [-0.3, -0.25) is 4.98 Å². The largest absolute Gasteiger partial charge is 0.310 e. The molecule has 2 aromatic heterocycles. The second kappa shape index (κ2) is 5.22. The second-order valence-electron chi connectivity index (χ2n) is 5.48. The van der Waals surface area contributed by atoms with Crippen molar-refractivity contribution in [3.05, 3.63) is 54.5 Å². The van der Waals surface area contributed by atoms with Crippen molar-refractivity contribution in [1.82, 2.24) is 20.3 Å². The number of pyridine rings is 1. The molecule has 1 saturated carbocycles. The predicted octanol–water partition coefficient (Wildman–Crippen LogP) is 2.94. The zero-order chi connectivity index (χ0) is 14.1. The predicted molar refractivity (Wildman–Crippen MR) is 82.6 cm³/mol. The molecule has 0 amide bonds. The fourth-order valence-electron chi connectivity index (χ4n) is 2.36. The van der Waals surface area contributed by atoms with Gasteiger partial charge in [0.15, 0.2) is 5.82 Å². The van der Waals surface area contributed by atoms with Crippen LogP contribution in [0.5, 0.6) is 0 Å². The van der Waals surface area contributed by atoms with Crippen LogP contribution in [-0.4, -0.2) is 21.0 Å². The van der Waals surface area contributed by atoms with Crippen LogP contribution in [0, 0.1) is 0 Å². The zero-order valence-corrected chi connectivity index (χ0v) is 11.7. The van der Waals surface area contributed by atoms with Crippen molar-refractivity contribution in [3.63, 3.8) is 0 Å². The van der Waals surface area contributed by atoms with Crippen molar-refractivity contribution in [2.45, 2.75) is 25.4 Å². The highest BCUT2D eigenvalue weighted by Gasteiger charge is 2.19. The van der Waals surface area contributed by atoms with Gasteiger partial charge in [-0.25, -0.2) is 9.97 Å². The number of rotatable bonds is 4. The second-order valence-corrected chi connectivity index (χ2v) is 5.48. The lowest BCUT2D eigenvalue weighted by Crippen LogP contribution is -2.15. The summed E-state index contributed by atoms with van der Waals surface area (Å²) in [6.45, 7) is 0.854. The Hall–Kier alpha value is -2.33. The van der Waals surface area contributed by atoms with E-state index in [1.54, 1.807) is 6.20 Å². The lowest BCUT2D eigenvalue weighted by Gasteiger charge is -2.05. The average molecular weight is 276 g/mol. The Morgan fingerprint density at radius 2 is 1.90 bits per heavy atom. The van der Waals surface area contributed by atoms with E-state index >= 15 is 0 Å². The summed E-state index contributed by atoms with van der Waals surface area (Å²) < 4.78 is 0. The standard InChI is InChI=1S/C17H16N4/c1-2-13-8-14(3-6-16(13)18-7-1)17-20-10-12(11-21-17)9-19-15-4-5-15/h1-3,6-8,10-11,15,19H,4-5,9H2. The van der Waals surface area contributed by atoms with E-state index in [9.17, 15) is 0 Å². The van der Waals surface area contributed by atoms with Gasteiger partial charge in [-0.05, 0) is 37.1 Å². The number of fused-ring (bicyclic) bond motifs is 1. The summed E-state index contributed by atoms with van der Waals surface area (Å²) in [4.78, 5) is 13.3. The van der Waals surface area contributed by atoms with Gasteiger partial charge in [0.25, 0.3) is 0 Å². The summed E-state index contributed by atoms with van der Waals surface area (Å²) in [6.07, 6.45) is 8.21. The number of benzene rings is 1. The Balaban J connectivity index is 1.58. The lowest BCUT2D eigenvalue weighted by atomic mass is 10.1. The molecular formula is C17H16N4. The molecule has 1 aliphatic rings. The van der Waals surface area contributed by atoms with E-state index in [2.05, 4.69) is 32.4 Å². The highest BCUT2D eigenvalue weighted by atomic mass is 15.0. The van der Waals surface area contributed by atoms with Crippen LogP contribution in [0.2, 0.25) is 0 Å². The van der Waals surface area contributed by atoms with Crippen molar-refractivity contribution in [2.75, 3.05) is 0 Å². The molecule has 0 spiro atoms. The monoisotopic (exact) mass is 276 g/mol. The molecule has 0 atom stereocenters. The Bertz CT molecular complexity index is 763. The maximum absolute atomic E-state index is 4.48. The van der Waals surface area contributed by atoms with Gasteiger partial charge in [-0.15, -0.1) is 0 Å². The molecule has 4 rings (SSSR count). The Kier molecular flexibility index (Phi) is 3.09. The highest BCUT2D eigenvalue weighted by molar-refractivity contribution is 5.82. The van der Waals surface area contributed by atoms with Crippen molar-refractivity contribution >= 4 is 10.9 Å². The fourth-order valence-corrected chi connectivity index (χ4v) is 2.36. The first-order valence-corrected chi connectivity index (χ1v) is 7.28. The first kappa shape index (κ1) is 12.4.